The first-order valence-corrected chi connectivity index (χ1v) is 11.4. The molecular weight excluding hydrogens is 444 g/mol. The smallest absolute Gasteiger partial charge is 0.344 e. The van der Waals surface area contributed by atoms with Crippen molar-refractivity contribution < 1.29 is 18.7 Å². The molecule has 0 unspecified atom stereocenters. The highest BCUT2D eigenvalue weighted by molar-refractivity contribution is 6.05. The monoisotopic (exact) mass is 470 g/mol. The summed E-state index contributed by atoms with van der Waals surface area (Å²) in [6.45, 7) is 2.03. The van der Waals surface area contributed by atoms with Crippen molar-refractivity contribution in [2.45, 2.75) is 26.2 Å². The van der Waals surface area contributed by atoms with Gasteiger partial charge in [0.2, 0.25) is 5.91 Å². The van der Waals surface area contributed by atoms with Crippen LogP contribution in [0.2, 0.25) is 0 Å². The molecule has 3 aromatic carbocycles. The highest BCUT2D eigenvalue weighted by atomic mass is 16.5. The fraction of sp³-hybridized carbons (Fsp3) is 0.179. The van der Waals surface area contributed by atoms with E-state index in [-0.39, 0.29) is 11.8 Å². The molecule has 0 saturated carbocycles. The number of methoxy groups -OCH3 is 1. The molecule has 1 heterocycles. The molecule has 0 aliphatic carbocycles. The Morgan fingerprint density at radius 1 is 0.943 bits per heavy atom. The van der Waals surface area contributed by atoms with Gasteiger partial charge < -0.3 is 19.8 Å². The van der Waals surface area contributed by atoms with Crippen LogP contribution in [0.15, 0.2) is 82.0 Å². The van der Waals surface area contributed by atoms with E-state index < -0.39 is 5.63 Å². The molecule has 35 heavy (non-hydrogen) atoms. The van der Waals surface area contributed by atoms with Crippen molar-refractivity contribution in [1.29, 1.82) is 0 Å². The maximum Gasteiger partial charge on any atom is 0.344 e. The third-order valence-electron chi connectivity index (χ3n) is 5.57. The summed E-state index contributed by atoms with van der Waals surface area (Å²) in [5.41, 5.74) is 2.43. The van der Waals surface area contributed by atoms with Crippen LogP contribution in [0.1, 0.15) is 36.5 Å². The van der Waals surface area contributed by atoms with Gasteiger partial charge >= 0.3 is 5.63 Å². The average molecular weight is 471 g/mol. The number of carbonyl (C=O) groups is 2. The number of hydrogen-bond acceptors (Lipinski definition) is 5. The standard InChI is InChI=1S/C28H26N2O5/c1-3-4-12-26(31)30-23-14-13-21(17-25(23)34-2)29-27(32)20-10-7-9-18(15-20)22-16-19-8-5-6-11-24(19)35-28(22)33/h5-11,13-17H,3-4,12H2,1-2H3,(H,29,32)(H,30,31). The van der Waals surface area contributed by atoms with Crippen molar-refractivity contribution >= 4 is 34.2 Å². The van der Waals surface area contributed by atoms with E-state index in [1.165, 1.54) is 7.11 Å². The maximum absolute atomic E-state index is 13.0. The minimum absolute atomic E-state index is 0.0862. The Morgan fingerprint density at radius 3 is 2.57 bits per heavy atom. The fourth-order valence-corrected chi connectivity index (χ4v) is 3.72. The Kier molecular flexibility index (Phi) is 7.26. The van der Waals surface area contributed by atoms with Gasteiger partial charge in [-0.3, -0.25) is 9.59 Å². The first kappa shape index (κ1) is 23.8. The molecule has 4 aromatic rings. The van der Waals surface area contributed by atoms with Crippen LogP contribution in [-0.2, 0) is 4.79 Å². The van der Waals surface area contributed by atoms with Crippen molar-refractivity contribution in [2.75, 3.05) is 17.7 Å². The minimum atomic E-state index is -0.470. The molecule has 0 spiro atoms. The number of rotatable bonds is 8. The Hall–Kier alpha value is -4.39. The molecule has 0 aliphatic heterocycles. The second kappa shape index (κ2) is 10.7. The Bertz CT molecular complexity index is 1440. The van der Waals surface area contributed by atoms with Crippen LogP contribution < -0.4 is 21.0 Å². The Morgan fingerprint density at radius 2 is 1.77 bits per heavy atom. The summed E-state index contributed by atoms with van der Waals surface area (Å²) < 4.78 is 10.8. The number of para-hydroxylation sites is 1. The van der Waals surface area contributed by atoms with Crippen molar-refractivity contribution in [3.63, 3.8) is 0 Å². The number of benzene rings is 3. The van der Waals surface area contributed by atoms with Crippen LogP contribution in [0.3, 0.4) is 0 Å². The van der Waals surface area contributed by atoms with Gasteiger partial charge in [-0.1, -0.05) is 43.7 Å². The predicted octanol–water partition coefficient (Wildman–Crippen LogP) is 5.85. The van der Waals surface area contributed by atoms with Crippen LogP contribution in [0.5, 0.6) is 5.75 Å². The lowest BCUT2D eigenvalue weighted by Crippen LogP contribution is -2.14. The summed E-state index contributed by atoms with van der Waals surface area (Å²) in [4.78, 5) is 37.6. The lowest BCUT2D eigenvalue weighted by molar-refractivity contribution is -0.116. The van der Waals surface area contributed by atoms with Gasteiger partial charge in [0.15, 0.2) is 0 Å². The highest BCUT2D eigenvalue weighted by Crippen LogP contribution is 2.29. The number of carbonyl (C=O) groups excluding carboxylic acids is 2. The Balaban J connectivity index is 1.54. The molecule has 0 saturated heterocycles. The highest BCUT2D eigenvalue weighted by Gasteiger charge is 2.13. The summed E-state index contributed by atoms with van der Waals surface area (Å²) >= 11 is 0. The molecule has 0 aliphatic rings. The molecule has 0 radical (unpaired) electrons. The lowest BCUT2D eigenvalue weighted by Gasteiger charge is -2.13. The normalized spacial score (nSPS) is 10.7. The van der Waals surface area contributed by atoms with E-state index in [0.717, 1.165) is 18.2 Å². The van der Waals surface area contributed by atoms with Crippen LogP contribution in [0, 0.1) is 0 Å². The summed E-state index contributed by atoms with van der Waals surface area (Å²) in [6.07, 6.45) is 2.18. The van der Waals surface area contributed by atoms with Crippen molar-refractivity contribution in [1.82, 2.24) is 0 Å². The van der Waals surface area contributed by atoms with E-state index in [9.17, 15) is 14.4 Å². The van der Waals surface area contributed by atoms with Gasteiger partial charge in [0, 0.05) is 29.1 Å². The largest absolute Gasteiger partial charge is 0.494 e. The molecule has 1 aromatic heterocycles. The number of fused-ring (bicyclic) bond motifs is 1. The Labute approximate surface area is 202 Å². The van der Waals surface area contributed by atoms with Crippen LogP contribution in [0.4, 0.5) is 11.4 Å². The SMILES string of the molecule is CCCCC(=O)Nc1ccc(NC(=O)c2cccc(-c3cc4ccccc4oc3=O)c2)cc1OC. The van der Waals surface area contributed by atoms with Gasteiger partial charge in [0.05, 0.1) is 18.4 Å². The molecule has 4 rings (SSSR count). The molecule has 2 N–H and O–H groups in total. The van der Waals surface area contributed by atoms with E-state index in [0.29, 0.717) is 45.8 Å². The van der Waals surface area contributed by atoms with Crippen molar-refractivity contribution in [3.05, 3.63) is 88.8 Å². The van der Waals surface area contributed by atoms with E-state index in [1.807, 2.05) is 19.1 Å². The van der Waals surface area contributed by atoms with Crippen molar-refractivity contribution in [3.8, 4) is 16.9 Å². The van der Waals surface area contributed by atoms with E-state index in [2.05, 4.69) is 10.6 Å². The zero-order valence-electron chi connectivity index (χ0n) is 19.6. The quantitative estimate of drug-likeness (QED) is 0.315. The number of ether oxygens (including phenoxy) is 1. The first-order chi connectivity index (χ1) is 17.0. The van der Waals surface area contributed by atoms with Gasteiger partial charge in [-0.05, 0) is 48.4 Å². The third-order valence-corrected chi connectivity index (χ3v) is 5.57. The number of hydrogen-bond donors (Lipinski definition) is 2. The van der Waals surface area contributed by atoms with E-state index >= 15 is 0 Å². The van der Waals surface area contributed by atoms with E-state index in [4.69, 9.17) is 9.15 Å². The molecular formula is C28H26N2O5. The molecule has 7 heteroatoms. The second-order valence-corrected chi connectivity index (χ2v) is 8.09. The van der Waals surface area contributed by atoms with E-state index in [1.54, 1.807) is 60.7 Å². The maximum atomic E-state index is 13.0. The average Bonchev–Trinajstić information content (AvgIpc) is 2.88. The van der Waals surface area contributed by atoms with Gasteiger partial charge in [-0.2, -0.15) is 0 Å². The fourth-order valence-electron chi connectivity index (χ4n) is 3.72. The van der Waals surface area contributed by atoms with Gasteiger partial charge in [-0.15, -0.1) is 0 Å². The number of unbranched alkanes of at least 4 members (excludes halogenated alkanes) is 1. The molecule has 0 bridgehead atoms. The molecule has 178 valence electrons. The van der Waals surface area contributed by atoms with Crippen LogP contribution in [0.25, 0.3) is 22.1 Å². The summed E-state index contributed by atoms with van der Waals surface area (Å²) in [5.74, 6) is 0.00546. The van der Waals surface area contributed by atoms with Gasteiger partial charge in [0.1, 0.15) is 11.3 Å². The van der Waals surface area contributed by atoms with Crippen LogP contribution in [-0.4, -0.2) is 18.9 Å². The zero-order chi connectivity index (χ0) is 24.8. The molecule has 7 nitrogen and oxygen atoms in total. The van der Waals surface area contributed by atoms with Crippen LogP contribution >= 0.6 is 0 Å². The van der Waals surface area contributed by atoms with Gasteiger partial charge in [-0.25, -0.2) is 4.79 Å². The third kappa shape index (κ3) is 5.58. The zero-order valence-corrected chi connectivity index (χ0v) is 19.6. The first-order valence-electron chi connectivity index (χ1n) is 11.4. The molecule has 2 amide bonds. The number of anilines is 2. The minimum Gasteiger partial charge on any atom is -0.494 e. The summed E-state index contributed by atoms with van der Waals surface area (Å²) in [6, 6.07) is 20.9. The summed E-state index contributed by atoms with van der Waals surface area (Å²) in [7, 11) is 1.50. The lowest BCUT2D eigenvalue weighted by atomic mass is 10.0. The summed E-state index contributed by atoms with van der Waals surface area (Å²) in [5, 5.41) is 6.47. The second-order valence-electron chi connectivity index (χ2n) is 8.09. The topological polar surface area (TPSA) is 97.6 Å². The number of nitrogens with one attached hydrogen (secondary N) is 2. The molecule has 0 atom stereocenters. The van der Waals surface area contributed by atoms with Gasteiger partial charge in [0.25, 0.3) is 5.91 Å². The predicted molar refractivity (Wildman–Crippen MR) is 137 cm³/mol. The number of amides is 2. The molecule has 0 fully saturated rings. The van der Waals surface area contributed by atoms with Crippen molar-refractivity contribution in [2.24, 2.45) is 0 Å².